The first-order chi connectivity index (χ1) is 10.3. The van der Waals surface area contributed by atoms with E-state index in [1.807, 2.05) is 6.07 Å². The van der Waals surface area contributed by atoms with Crippen molar-refractivity contribution in [3.8, 4) is 11.8 Å². The minimum atomic E-state index is -0.0744. The Morgan fingerprint density at radius 3 is 3.14 bits per heavy atom. The molecule has 3 N–H and O–H groups in total. The van der Waals surface area contributed by atoms with Crippen molar-refractivity contribution in [3.63, 3.8) is 0 Å². The fourth-order valence-corrected chi connectivity index (χ4v) is 2.51. The maximum absolute atomic E-state index is 11.9. The minimum Gasteiger partial charge on any atom is -0.395 e. The quantitative estimate of drug-likeness (QED) is 0.560. The second kappa shape index (κ2) is 8.25. The normalized spacial score (nSPS) is 9.95. The summed E-state index contributed by atoms with van der Waals surface area (Å²) in [6.45, 7) is 0.671. The van der Waals surface area contributed by atoms with Crippen LogP contribution in [0.3, 0.4) is 0 Å². The predicted octanol–water partition coefficient (Wildman–Crippen LogP) is 1.57. The van der Waals surface area contributed by atoms with Gasteiger partial charge in [0, 0.05) is 31.8 Å². The number of nitrogens with one attached hydrogen (secondary N) is 2. The Morgan fingerprint density at radius 2 is 2.38 bits per heavy atom. The van der Waals surface area contributed by atoms with Gasteiger partial charge >= 0.3 is 0 Å². The van der Waals surface area contributed by atoms with Gasteiger partial charge in [0.25, 0.3) is 5.91 Å². The molecule has 0 aliphatic rings. The number of aryl methyl sites for hydroxylation is 1. The van der Waals surface area contributed by atoms with Crippen LogP contribution in [0.25, 0.3) is 0 Å². The molecular formula is C15H17N3O2S. The van der Waals surface area contributed by atoms with Gasteiger partial charge < -0.3 is 15.4 Å². The molecule has 0 atom stereocenters. The van der Waals surface area contributed by atoms with Gasteiger partial charge in [-0.15, -0.1) is 11.3 Å². The van der Waals surface area contributed by atoms with E-state index in [2.05, 4.69) is 27.1 Å². The third-order valence-electron chi connectivity index (χ3n) is 2.71. The number of aromatic nitrogens is 2. The Labute approximate surface area is 127 Å². The summed E-state index contributed by atoms with van der Waals surface area (Å²) < 4.78 is 0. The highest BCUT2D eigenvalue weighted by molar-refractivity contribution is 7.14. The van der Waals surface area contributed by atoms with E-state index in [0.29, 0.717) is 17.8 Å². The smallest absolute Gasteiger partial charge is 0.261 e. The zero-order valence-electron chi connectivity index (χ0n) is 11.6. The van der Waals surface area contributed by atoms with Crippen LogP contribution in [-0.2, 0) is 6.42 Å². The summed E-state index contributed by atoms with van der Waals surface area (Å²) in [6.07, 6.45) is 5.62. The van der Waals surface area contributed by atoms with Crippen LogP contribution in [0.5, 0.6) is 0 Å². The maximum Gasteiger partial charge on any atom is 0.261 e. The third kappa shape index (κ3) is 5.06. The highest BCUT2D eigenvalue weighted by Crippen LogP contribution is 2.15. The average Bonchev–Trinajstić information content (AvgIpc) is 3.15. The maximum atomic E-state index is 11.9. The Hall–Kier alpha value is -2.10. The summed E-state index contributed by atoms with van der Waals surface area (Å²) in [6, 6.07) is 3.60. The highest BCUT2D eigenvalue weighted by Gasteiger charge is 2.07. The molecule has 0 bridgehead atoms. The number of H-pyrrole nitrogens is 1. The van der Waals surface area contributed by atoms with E-state index in [4.69, 9.17) is 5.11 Å². The van der Waals surface area contributed by atoms with Crippen LogP contribution in [-0.4, -0.2) is 34.1 Å². The lowest BCUT2D eigenvalue weighted by Gasteiger charge is -2.02. The molecule has 110 valence electrons. The molecule has 1 amide bonds. The van der Waals surface area contributed by atoms with E-state index in [0.717, 1.165) is 23.5 Å². The number of imidazole rings is 1. The van der Waals surface area contributed by atoms with Crippen LogP contribution in [0.15, 0.2) is 24.5 Å². The molecule has 2 rings (SSSR count). The van der Waals surface area contributed by atoms with E-state index >= 15 is 0 Å². The van der Waals surface area contributed by atoms with Crippen molar-refractivity contribution in [3.05, 3.63) is 40.1 Å². The molecule has 21 heavy (non-hydrogen) atoms. The predicted molar refractivity (Wildman–Crippen MR) is 82.1 cm³/mol. The van der Waals surface area contributed by atoms with Crippen molar-refractivity contribution in [2.24, 2.45) is 0 Å². The Balaban J connectivity index is 1.74. The number of hydrogen-bond acceptors (Lipinski definition) is 4. The van der Waals surface area contributed by atoms with Gasteiger partial charge in [0.2, 0.25) is 0 Å². The van der Waals surface area contributed by atoms with Crippen LogP contribution in [0.2, 0.25) is 0 Å². The zero-order chi connectivity index (χ0) is 14.9. The van der Waals surface area contributed by atoms with Crippen molar-refractivity contribution in [2.75, 3.05) is 13.2 Å². The van der Waals surface area contributed by atoms with Gasteiger partial charge in [-0.3, -0.25) is 4.79 Å². The number of hydrogen-bond donors (Lipinski definition) is 3. The number of rotatable bonds is 6. The summed E-state index contributed by atoms with van der Waals surface area (Å²) in [4.78, 5) is 20.6. The van der Waals surface area contributed by atoms with Gasteiger partial charge in [0.05, 0.1) is 16.4 Å². The van der Waals surface area contributed by atoms with Crippen LogP contribution in [0.4, 0.5) is 0 Å². The molecule has 2 heterocycles. The number of amides is 1. The summed E-state index contributed by atoms with van der Waals surface area (Å²) in [5.41, 5.74) is 0. The molecule has 0 fully saturated rings. The topological polar surface area (TPSA) is 78.0 Å². The summed E-state index contributed by atoms with van der Waals surface area (Å²) >= 11 is 1.36. The molecule has 0 saturated heterocycles. The molecule has 0 radical (unpaired) electrons. The number of thiophene rings is 1. The second-order valence-electron chi connectivity index (χ2n) is 4.33. The zero-order valence-corrected chi connectivity index (χ0v) is 12.4. The molecular weight excluding hydrogens is 286 g/mol. The Kier molecular flexibility index (Phi) is 6.00. The molecule has 0 aliphatic carbocycles. The molecule has 0 unspecified atom stereocenters. The number of nitrogens with zero attached hydrogens (tertiary/aromatic N) is 1. The molecule has 0 saturated carbocycles. The number of aliphatic hydroxyl groups excluding tert-OH is 1. The largest absolute Gasteiger partial charge is 0.395 e. The van der Waals surface area contributed by atoms with E-state index in [1.54, 1.807) is 18.5 Å². The van der Waals surface area contributed by atoms with E-state index in [9.17, 15) is 4.79 Å². The van der Waals surface area contributed by atoms with Crippen molar-refractivity contribution in [2.45, 2.75) is 19.3 Å². The molecule has 5 nitrogen and oxygen atoms in total. The first-order valence-corrected chi connectivity index (χ1v) is 7.57. The van der Waals surface area contributed by atoms with Gasteiger partial charge in [-0.1, -0.05) is 11.8 Å². The molecule has 2 aromatic heterocycles. The number of aliphatic hydroxyl groups is 1. The Morgan fingerprint density at radius 1 is 1.48 bits per heavy atom. The van der Waals surface area contributed by atoms with Gasteiger partial charge in [0.15, 0.2) is 0 Å². The molecule has 0 aromatic carbocycles. The standard InChI is InChI=1S/C15H17N3O2S/c19-11-2-1-4-12-6-7-13(21-12)15(20)18-8-3-5-14-16-9-10-17-14/h6-7,9-10,19H,2-3,5,8,11H2,(H,16,17)(H,18,20). The molecule has 0 spiro atoms. The van der Waals surface area contributed by atoms with E-state index in [-0.39, 0.29) is 12.5 Å². The summed E-state index contributed by atoms with van der Waals surface area (Å²) in [5.74, 6) is 6.62. The SMILES string of the molecule is O=C(NCCCc1ncc[nH]1)c1ccc(C#CCCO)s1. The van der Waals surface area contributed by atoms with Crippen molar-refractivity contribution in [1.82, 2.24) is 15.3 Å². The second-order valence-corrected chi connectivity index (χ2v) is 5.42. The average molecular weight is 303 g/mol. The molecule has 0 aliphatic heterocycles. The van der Waals surface area contributed by atoms with Gasteiger partial charge in [-0.25, -0.2) is 4.98 Å². The number of carbonyl (C=O) groups is 1. The van der Waals surface area contributed by atoms with Crippen LogP contribution in [0.1, 0.15) is 33.2 Å². The molecule has 2 aromatic rings. The van der Waals surface area contributed by atoms with Crippen LogP contribution < -0.4 is 5.32 Å². The molecule has 6 heteroatoms. The van der Waals surface area contributed by atoms with Crippen molar-refractivity contribution >= 4 is 17.2 Å². The fraction of sp³-hybridized carbons (Fsp3) is 0.333. The van der Waals surface area contributed by atoms with Crippen LogP contribution in [0, 0.1) is 11.8 Å². The first-order valence-electron chi connectivity index (χ1n) is 6.75. The lowest BCUT2D eigenvalue weighted by atomic mass is 10.3. The highest BCUT2D eigenvalue weighted by atomic mass is 32.1. The van der Waals surface area contributed by atoms with Gasteiger partial charge in [-0.2, -0.15) is 0 Å². The lowest BCUT2D eigenvalue weighted by molar-refractivity contribution is 0.0957. The van der Waals surface area contributed by atoms with E-state index < -0.39 is 0 Å². The van der Waals surface area contributed by atoms with Crippen LogP contribution >= 0.6 is 11.3 Å². The van der Waals surface area contributed by atoms with E-state index in [1.165, 1.54) is 11.3 Å². The Bertz CT molecular complexity index is 623. The van der Waals surface area contributed by atoms with Crippen molar-refractivity contribution < 1.29 is 9.90 Å². The third-order valence-corrected chi connectivity index (χ3v) is 3.71. The lowest BCUT2D eigenvalue weighted by Crippen LogP contribution is -2.23. The van der Waals surface area contributed by atoms with Gasteiger partial charge in [0.1, 0.15) is 5.82 Å². The van der Waals surface area contributed by atoms with Gasteiger partial charge in [-0.05, 0) is 18.6 Å². The first kappa shape index (κ1) is 15.3. The van der Waals surface area contributed by atoms with Crippen molar-refractivity contribution in [1.29, 1.82) is 0 Å². The number of aromatic amines is 1. The number of carbonyl (C=O) groups excluding carboxylic acids is 1. The fourth-order valence-electron chi connectivity index (χ4n) is 1.71. The summed E-state index contributed by atoms with van der Waals surface area (Å²) in [5, 5.41) is 11.5. The minimum absolute atomic E-state index is 0.0569. The summed E-state index contributed by atoms with van der Waals surface area (Å²) in [7, 11) is 0. The monoisotopic (exact) mass is 303 g/mol.